The first-order valence-electron chi connectivity index (χ1n) is 5.06. The van der Waals surface area contributed by atoms with E-state index in [0.29, 0.717) is 11.6 Å². The van der Waals surface area contributed by atoms with Crippen molar-refractivity contribution in [3.63, 3.8) is 0 Å². The number of sulfonamides is 1. The van der Waals surface area contributed by atoms with Crippen LogP contribution >= 0.6 is 11.6 Å². The number of hydrogen-bond acceptors (Lipinski definition) is 2. The van der Waals surface area contributed by atoms with E-state index in [1.807, 2.05) is 26.0 Å². The second-order valence-electron chi connectivity index (χ2n) is 3.96. The maximum absolute atomic E-state index is 11.8. The largest absolute Gasteiger partial charge is 0.283 e. The summed E-state index contributed by atoms with van der Waals surface area (Å²) < 4.78 is 26.1. The van der Waals surface area contributed by atoms with Gasteiger partial charge in [0.2, 0.25) is 10.0 Å². The molecule has 0 bridgehead atoms. The van der Waals surface area contributed by atoms with Gasteiger partial charge in [0.15, 0.2) is 0 Å². The fourth-order valence-electron chi connectivity index (χ4n) is 1.32. The lowest BCUT2D eigenvalue weighted by Gasteiger charge is -2.12. The first-order valence-corrected chi connectivity index (χ1v) is 7.25. The molecule has 0 heterocycles. The second-order valence-corrected chi connectivity index (χ2v) is 6.03. The Balaban J connectivity index is 2.77. The normalized spacial score (nSPS) is 13.4. The molecule has 0 fully saturated rings. The third-order valence-corrected chi connectivity index (χ3v) is 4.24. The number of rotatable bonds is 5. The van der Waals surface area contributed by atoms with Crippen LogP contribution in [-0.2, 0) is 10.0 Å². The molecule has 0 aliphatic carbocycles. The van der Waals surface area contributed by atoms with Crippen molar-refractivity contribution in [2.75, 3.05) is 16.4 Å². The van der Waals surface area contributed by atoms with Gasteiger partial charge in [0.1, 0.15) is 0 Å². The predicted molar refractivity (Wildman–Crippen MR) is 68.5 cm³/mol. The summed E-state index contributed by atoms with van der Waals surface area (Å²) in [7, 11) is -3.30. The molecule has 1 unspecified atom stereocenters. The van der Waals surface area contributed by atoms with Crippen LogP contribution in [-0.4, -0.2) is 20.1 Å². The van der Waals surface area contributed by atoms with Crippen LogP contribution in [0.1, 0.15) is 12.5 Å². The molecule has 3 nitrogen and oxygen atoms in total. The smallest absolute Gasteiger partial charge is 0.233 e. The zero-order chi connectivity index (χ0) is 12.2. The van der Waals surface area contributed by atoms with Gasteiger partial charge in [-0.25, -0.2) is 8.42 Å². The molecule has 90 valence electrons. The van der Waals surface area contributed by atoms with Crippen LogP contribution < -0.4 is 4.72 Å². The summed E-state index contributed by atoms with van der Waals surface area (Å²) in [4.78, 5) is 0. The van der Waals surface area contributed by atoms with Crippen molar-refractivity contribution >= 4 is 27.3 Å². The van der Waals surface area contributed by atoms with Crippen LogP contribution in [0.25, 0.3) is 0 Å². The van der Waals surface area contributed by atoms with E-state index in [-0.39, 0.29) is 11.7 Å². The van der Waals surface area contributed by atoms with E-state index in [2.05, 4.69) is 4.72 Å². The molecule has 1 N–H and O–H groups in total. The summed E-state index contributed by atoms with van der Waals surface area (Å²) in [6, 6.07) is 7.28. The highest BCUT2D eigenvalue weighted by Crippen LogP contribution is 2.16. The molecule has 0 aromatic heterocycles. The summed E-state index contributed by atoms with van der Waals surface area (Å²) >= 11 is 5.60. The van der Waals surface area contributed by atoms with Gasteiger partial charge in [-0.05, 0) is 24.5 Å². The number of nitrogens with one attached hydrogen (secondary N) is 1. The molecule has 1 aromatic carbocycles. The van der Waals surface area contributed by atoms with E-state index in [1.165, 1.54) is 0 Å². The first-order chi connectivity index (χ1) is 7.44. The molecule has 0 radical (unpaired) electrons. The van der Waals surface area contributed by atoms with Gasteiger partial charge in [0, 0.05) is 5.88 Å². The van der Waals surface area contributed by atoms with Gasteiger partial charge in [0.05, 0.1) is 11.4 Å². The van der Waals surface area contributed by atoms with Crippen LogP contribution in [0.3, 0.4) is 0 Å². The van der Waals surface area contributed by atoms with E-state index in [4.69, 9.17) is 11.6 Å². The summed E-state index contributed by atoms with van der Waals surface area (Å²) in [5.74, 6) is 0.336. The number of anilines is 1. The van der Waals surface area contributed by atoms with Gasteiger partial charge < -0.3 is 0 Å². The average Bonchev–Trinajstić information content (AvgIpc) is 2.20. The Labute approximate surface area is 102 Å². The van der Waals surface area contributed by atoms with Crippen molar-refractivity contribution in [2.24, 2.45) is 5.92 Å². The molecule has 1 rings (SSSR count). The summed E-state index contributed by atoms with van der Waals surface area (Å²) in [6.45, 7) is 3.67. The molecule has 0 aliphatic heterocycles. The van der Waals surface area contributed by atoms with Gasteiger partial charge in [0.25, 0.3) is 0 Å². The molecule has 0 saturated heterocycles. The molecule has 0 amide bonds. The average molecular weight is 262 g/mol. The number of para-hydroxylation sites is 1. The SMILES string of the molecule is Cc1ccccc1NS(=O)(=O)CC(C)CCl. The summed E-state index contributed by atoms with van der Waals surface area (Å²) in [5.41, 5.74) is 1.54. The molecular weight excluding hydrogens is 246 g/mol. The van der Waals surface area contributed by atoms with Crippen molar-refractivity contribution in [3.8, 4) is 0 Å². The molecule has 1 aromatic rings. The molecular formula is C11H16ClNO2S. The van der Waals surface area contributed by atoms with Crippen molar-refractivity contribution < 1.29 is 8.42 Å². The lowest BCUT2D eigenvalue weighted by molar-refractivity contribution is 0.588. The zero-order valence-corrected chi connectivity index (χ0v) is 11.0. The van der Waals surface area contributed by atoms with Gasteiger partial charge in [-0.3, -0.25) is 4.72 Å². The number of hydrogen-bond donors (Lipinski definition) is 1. The van der Waals surface area contributed by atoms with E-state index in [0.717, 1.165) is 5.56 Å². The Morgan fingerprint density at radius 3 is 2.56 bits per heavy atom. The lowest BCUT2D eigenvalue weighted by atomic mass is 10.2. The van der Waals surface area contributed by atoms with Gasteiger partial charge in [-0.2, -0.15) is 0 Å². The van der Waals surface area contributed by atoms with Gasteiger partial charge >= 0.3 is 0 Å². The Bertz CT molecular complexity index is 445. The monoisotopic (exact) mass is 261 g/mol. The predicted octanol–water partition coefficient (Wildman–Crippen LogP) is 2.61. The van der Waals surface area contributed by atoms with E-state index in [9.17, 15) is 8.42 Å². The highest BCUT2D eigenvalue weighted by molar-refractivity contribution is 7.92. The third-order valence-electron chi connectivity index (χ3n) is 2.18. The maximum Gasteiger partial charge on any atom is 0.233 e. The third kappa shape index (κ3) is 4.02. The Kier molecular flexibility index (Phi) is 4.62. The molecule has 0 aliphatic rings. The Morgan fingerprint density at radius 1 is 1.38 bits per heavy atom. The van der Waals surface area contributed by atoms with Crippen LogP contribution in [0.15, 0.2) is 24.3 Å². The molecule has 16 heavy (non-hydrogen) atoms. The van der Waals surface area contributed by atoms with E-state index in [1.54, 1.807) is 12.1 Å². The second kappa shape index (κ2) is 5.55. The quantitative estimate of drug-likeness (QED) is 0.829. The van der Waals surface area contributed by atoms with Crippen molar-refractivity contribution in [1.82, 2.24) is 0 Å². The van der Waals surface area contributed by atoms with Crippen LogP contribution in [0.5, 0.6) is 0 Å². The van der Waals surface area contributed by atoms with Crippen LogP contribution in [0.4, 0.5) is 5.69 Å². The highest BCUT2D eigenvalue weighted by Gasteiger charge is 2.15. The molecule has 0 saturated carbocycles. The van der Waals surface area contributed by atoms with E-state index >= 15 is 0 Å². The first kappa shape index (κ1) is 13.3. The number of halogens is 1. The van der Waals surface area contributed by atoms with Crippen LogP contribution in [0, 0.1) is 12.8 Å². The minimum atomic E-state index is -3.30. The van der Waals surface area contributed by atoms with Crippen molar-refractivity contribution in [3.05, 3.63) is 29.8 Å². The van der Waals surface area contributed by atoms with Crippen LogP contribution in [0.2, 0.25) is 0 Å². The minimum absolute atomic E-state index is 0.0465. The fourth-order valence-corrected chi connectivity index (χ4v) is 3.07. The van der Waals surface area contributed by atoms with Gasteiger partial charge in [-0.15, -0.1) is 11.6 Å². The number of alkyl halides is 1. The lowest BCUT2D eigenvalue weighted by Crippen LogP contribution is -2.22. The Morgan fingerprint density at radius 2 is 2.00 bits per heavy atom. The Hall–Kier alpha value is -0.740. The fraction of sp³-hybridized carbons (Fsp3) is 0.455. The minimum Gasteiger partial charge on any atom is -0.283 e. The highest BCUT2D eigenvalue weighted by atomic mass is 35.5. The summed E-state index contributed by atoms with van der Waals surface area (Å²) in [6.07, 6.45) is 0. The summed E-state index contributed by atoms with van der Waals surface area (Å²) in [5, 5.41) is 0. The standard InChI is InChI=1S/C11H16ClNO2S/c1-9(7-12)8-16(14,15)13-11-6-4-3-5-10(11)2/h3-6,9,13H,7-8H2,1-2H3. The molecule has 5 heteroatoms. The molecule has 0 spiro atoms. The maximum atomic E-state index is 11.8. The van der Waals surface area contributed by atoms with E-state index < -0.39 is 10.0 Å². The zero-order valence-electron chi connectivity index (χ0n) is 9.40. The molecule has 1 atom stereocenters. The van der Waals surface area contributed by atoms with Crippen molar-refractivity contribution in [2.45, 2.75) is 13.8 Å². The number of benzene rings is 1. The topological polar surface area (TPSA) is 46.2 Å². The number of aryl methyl sites for hydroxylation is 1. The van der Waals surface area contributed by atoms with Crippen molar-refractivity contribution in [1.29, 1.82) is 0 Å². The van der Waals surface area contributed by atoms with Gasteiger partial charge in [-0.1, -0.05) is 25.1 Å².